The van der Waals surface area contributed by atoms with E-state index in [1.807, 2.05) is 38.1 Å². The van der Waals surface area contributed by atoms with Gasteiger partial charge in [0.05, 0.1) is 11.3 Å². The predicted molar refractivity (Wildman–Crippen MR) is 94.3 cm³/mol. The van der Waals surface area contributed by atoms with Crippen LogP contribution in [0, 0.1) is 5.82 Å². The Balaban J connectivity index is 1.99. The van der Waals surface area contributed by atoms with Gasteiger partial charge in [0.1, 0.15) is 5.82 Å². The Hall–Kier alpha value is -1.52. The van der Waals surface area contributed by atoms with E-state index in [1.54, 1.807) is 12.1 Å². The third-order valence-electron chi connectivity index (χ3n) is 3.48. The summed E-state index contributed by atoms with van der Waals surface area (Å²) in [7, 11) is 0. The molecule has 5 heteroatoms. The van der Waals surface area contributed by atoms with Crippen LogP contribution < -0.4 is 5.32 Å². The van der Waals surface area contributed by atoms with Crippen LogP contribution in [0.15, 0.2) is 53.4 Å². The lowest BCUT2D eigenvalue weighted by Crippen LogP contribution is -2.34. The topological polar surface area (TPSA) is 29.1 Å². The van der Waals surface area contributed by atoms with Crippen molar-refractivity contribution in [2.45, 2.75) is 36.5 Å². The average Bonchev–Trinajstić information content (AvgIpc) is 2.54. The lowest BCUT2D eigenvalue weighted by Gasteiger charge is -2.19. The molecule has 2 rings (SSSR count). The minimum Gasteiger partial charge on any atom is -0.349 e. The highest BCUT2D eigenvalue weighted by atomic mass is 35.5. The second-order valence-corrected chi connectivity index (χ2v) is 6.96. The molecule has 2 nitrogen and oxygen atoms in total. The van der Waals surface area contributed by atoms with E-state index < -0.39 is 0 Å². The molecule has 2 aromatic carbocycles. The van der Waals surface area contributed by atoms with Crippen LogP contribution in [0.4, 0.5) is 4.39 Å². The minimum absolute atomic E-state index is 0.0238. The summed E-state index contributed by atoms with van der Waals surface area (Å²) in [5, 5.41) is 3.49. The molecule has 0 aliphatic rings. The summed E-state index contributed by atoms with van der Waals surface area (Å²) >= 11 is 7.39. The van der Waals surface area contributed by atoms with Crippen LogP contribution in [0.25, 0.3) is 0 Å². The third-order valence-corrected chi connectivity index (χ3v) is 5.11. The molecule has 1 N–H and O–H groups in total. The summed E-state index contributed by atoms with van der Waals surface area (Å²) in [6, 6.07) is 13.5. The molecule has 2 aromatic rings. The van der Waals surface area contributed by atoms with E-state index in [4.69, 9.17) is 11.6 Å². The van der Waals surface area contributed by atoms with Crippen molar-refractivity contribution in [3.63, 3.8) is 0 Å². The van der Waals surface area contributed by atoms with E-state index in [1.165, 1.54) is 23.9 Å². The first-order valence-electron chi connectivity index (χ1n) is 7.47. The average molecular weight is 352 g/mol. The highest BCUT2D eigenvalue weighted by Gasteiger charge is 2.20. The number of carbonyl (C=O) groups is 1. The maximum atomic E-state index is 13.0. The number of thioether (sulfide) groups is 1. The van der Waals surface area contributed by atoms with Crippen molar-refractivity contribution in [1.82, 2.24) is 5.32 Å². The van der Waals surface area contributed by atoms with Gasteiger partial charge in [0.2, 0.25) is 5.91 Å². The predicted octanol–water partition coefficient (Wildman–Crippen LogP) is 5.23. The fourth-order valence-corrected chi connectivity index (χ4v) is 3.23. The normalized spacial score (nSPS) is 13.4. The quantitative estimate of drug-likeness (QED) is 0.722. The van der Waals surface area contributed by atoms with Crippen molar-refractivity contribution >= 4 is 29.3 Å². The van der Waals surface area contributed by atoms with Gasteiger partial charge in [0.25, 0.3) is 0 Å². The molecule has 0 aliphatic heterocycles. The minimum atomic E-state index is -0.281. The van der Waals surface area contributed by atoms with Gasteiger partial charge in [-0.1, -0.05) is 30.7 Å². The number of hydrogen-bond acceptors (Lipinski definition) is 2. The number of benzene rings is 2. The van der Waals surface area contributed by atoms with Crippen molar-refractivity contribution in [3.05, 3.63) is 64.9 Å². The molecule has 23 heavy (non-hydrogen) atoms. The largest absolute Gasteiger partial charge is 0.349 e. The number of amides is 1. The van der Waals surface area contributed by atoms with E-state index in [-0.39, 0.29) is 23.0 Å². The summed E-state index contributed by atoms with van der Waals surface area (Å²) in [5.74, 6) is -0.304. The van der Waals surface area contributed by atoms with Crippen molar-refractivity contribution in [3.8, 4) is 0 Å². The summed E-state index contributed by atoms with van der Waals surface area (Å²) in [6.07, 6.45) is 0.718. The first-order valence-corrected chi connectivity index (χ1v) is 8.73. The van der Waals surface area contributed by atoms with Gasteiger partial charge in [0, 0.05) is 9.92 Å². The second kappa shape index (κ2) is 8.37. The number of nitrogens with one attached hydrogen (secondary N) is 1. The van der Waals surface area contributed by atoms with Gasteiger partial charge in [-0.25, -0.2) is 4.39 Å². The molecule has 0 spiro atoms. The molecule has 0 heterocycles. The van der Waals surface area contributed by atoms with Gasteiger partial charge in [0.15, 0.2) is 0 Å². The first kappa shape index (κ1) is 17.8. The molecule has 0 saturated heterocycles. The van der Waals surface area contributed by atoms with Crippen molar-refractivity contribution in [1.29, 1.82) is 0 Å². The van der Waals surface area contributed by atoms with E-state index in [2.05, 4.69) is 5.32 Å². The third kappa shape index (κ3) is 5.26. The lowest BCUT2D eigenvalue weighted by molar-refractivity contribution is -0.121. The summed E-state index contributed by atoms with van der Waals surface area (Å²) in [6.45, 7) is 3.88. The molecule has 0 fully saturated rings. The van der Waals surface area contributed by atoms with Crippen LogP contribution in [0.5, 0.6) is 0 Å². The molecule has 122 valence electrons. The number of halogens is 2. The molecule has 0 bridgehead atoms. The summed E-state index contributed by atoms with van der Waals surface area (Å²) in [4.78, 5) is 13.5. The molecule has 2 atom stereocenters. The van der Waals surface area contributed by atoms with Gasteiger partial charge in [-0.15, -0.1) is 11.8 Å². The van der Waals surface area contributed by atoms with Crippen LogP contribution in [0.1, 0.15) is 31.9 Å². The Morgan fingerprint density at radius 1 is 1.17 bits per heavy atom. The highest BCUT2D eigenvalue weighted by molar-refractivity contribution is 8.00. The molecular formula is C18H19ClFNOS. The molecule has 0 aromatic heterocycles. The monoisotopic (exact) mass is 351 g/mol. The Labute approximate surface area is 145 Å². The Morgan fingerprint density at radius 3 is 2.35 bits per heavy atom. The number of carbonyl (C=O) groups excluding carboxylic acids is 1. The Bertz CT molecular complexity index is 645. The van der Waals surface area contributed by atoms with E-state index >= 15 is 0 Å². The molecule has 0 aliphatic carbocycles. The van der Waals surface area contributed by atoms with Gasteiger partial charge < -0.3 is 5.32 Å². The zero-order valence-corrected chi connectivity index (χ0v) is 14.6. The second-order valence-electron chi connectivity index (χ2n) is 5.25. The molecule has 0 unspecified atom stereocenters. The maximum Gasteiger partial charge on any atom is 0.233 e. The first-order chi connectivity index (χ1) is 11.0. The highest BCUT2D eigenvalue weighted by Crippen LogP contribution is 2.27. The van der Waals surface area contributed by atoms with Crippen LogP contribution in [-0.4, -0.2) is 11.2 Å². The van der Waals surface area contributed by atoms with Gasteiger partial charge in [-0.05, 0) is 55.3 Å². The fraction of sp³-hybridized carbons (Fsp3) is 0.278. The van der Waals surface area contributed by atoms with E-state index in [0.717, 1.165) is 16.9 Å². The van der Waals surface area contributed by atoms with Gasteiger partial charge in [-0.2, -0.15) is 0 Å². The Kier molecular flexibility index (Phi) is 6.48. The Morgan fingerprint density at radius 2 is 1.78 bits per heavy atom. The van der Waals surface area contributed by atoms with Crippen LogP contribution in [0.3, 0.4) is 0 Å². The number of rotatable bonds is 6. The van der Waals surface area contributed by atoms with E-state index in [0.29, 0.717) is 5.02 Å². The van der Waals surface area contributed by atoms with Crippen LogP contribution in [-0.2, 0) is 4.79 Å². The maximum absolute atomic E-state index is 13.0. The SMILES string of the molecule is CC[C@@H](Sc1ccc(Cl)cc1)C(=O)N[C@@H](C)c1ccc(F)cc1. The molecular weight excluding hydrogens is 333 g/mol. The van der Waals surface area contributed by atoms with Gasteiger partial charge in [-0.3, -0.25) is 4.79 Å². The summed E-state index contributed by atoms with van der Waals surface area (Å²) in [5.41, 5.74) is 0.881. The molecule has 1 amide bonds. The fourth-order valence-electron chi connectivity index (χ4n) is 2.14. The smallest absolute Gasteiger partial charge is 0.233 e. The standard InChI is InChI=1S/C18H19ClFNOS/c1-3-17(23-16-10-6-14(19)7-11-16)18(22)21-12(2)13-4-8-15(20)9-5-13/h4-12,17H,3H2,1-2H3,(H,21,22)/t12-,17+/m0/s1. The molecule has 0 radical (unpaired) electrons. The zero-order chi connectivity index (χ0) is 16.8. The van der Waals surface area contributed by atoms with Crippen LogP contribution in [0.2, 0.25) is 5.02 Å². The van der Waals surface area contributed by atoms with E-state index in [9.17, 15) is 9.18 Å². The van der Waals surface area contributed by atoms with Crippen LogP contribution >= 0.6 is 23.4 Å². The van der Waals surface area contributed by atoms with Gasteiger partial charge >= 0.3 is 0 Å². The lowest BCUT2D eigenvalue weighted by atomic mass is 10.1. The molecule has 0 saturated carbocycles. The summed E-state index contributed by atoms with van der Waals surface area (Å²) < 4.78 is 13.0. The zero-order valence-electron chi connectivity index (χ0n) is 13.1. The number of hydrogen-bond donors (Lipinski definition) is 1. The van der Waals surface area contributed by atoms with Crippen molar-refractivity contribution in [2.75, 3.05) is 0 Å². The van der Waals surface area contributed by atoms with Crippen molar-refractivity contribution in [2.24, 2.45) is 0 Å². The van der Waals surface area contributed by atoms with Crippen molar-refractivity contribution < 1.29 is 9.18 Å².